The van der Waals surface area contributed by atoms with Crippen molar-refractivity contribution in [1.82, 2.24) is 0 Å². The third kappa shape index (κ3) is 3.25. The lowest BCUT2D eigenvalue weighted by Crippen LogP contribution is -2.38. The molecule has 1 aromatic rings. The molecule has 0 N–H and O–H groups in total. The highest BCUT2D eigenvalue weighted by molar-refractivity contribution is 9.10. The second kappa shape index (κ2) is 5.35. The Bertz CT molecular complexity index is 629. The van der Waals surface area contributed by atoms with E-state index in [1.165, 1.54) is 0 Å². The van der Waals surface area contributed by atoms with Crippen LogP contribution in [0, 0.1) is 5.82 Å². The number of carbonyl (C=O) groups is 1. The molecule has 0 bridgehead atoms. The highest BCUT2D eigenvalue weighted by atomic mass is 79.9. The number of ether oxygens (including phenoxy) is 2. The van der Waals surface area contributed by atoms with Crippen LogP contribution in [0.5, 0.6) is 0 Å². The van der Waals surface area contributed by atoms with Crippen molar-refractivity contribution in [3.8, 4) is 0 Å². The number of carbonyl (C=O) groups excluding carboxylic acids is 1. The number of halogens is 3. The monoisotopic (exact) mass is 372 g/mol. The molecule has 104 valence electrons. The Balaban J connectivity index is 2.39. The second-order valence-corrected chi connectivity index (χ2v) is 7.22. The summed E-state index contributed by atoms with van der Waals surface area (Å²) in [6.45, 7) is 0.476. The van der Waals surface area contributed by atoms with Crippen LogP contribution in [0.15, 0.2) is 21.5 Å². The minimum absolute atomic E-state index is 0.199. The largest absolute Gasteiger partial charge is 0.454 e. The molecule has 0 aliphatic carbocycles. The fraction of sp³-hybridized carbons (Fsp3) is 0.300. The Labute approximate surface area is 121 Å². The first-order chi connectivity index (χ1) is 8.79. The van der Waals surface area contributed by atoms with Gasteiger partial charge in [0.1, 0.15) is 11.0 Å². The molecule has 19 heavy (non-hydrogen) atoms. The Kier molecular flexibility index (Phi) is 4.14. The van der Waals surface area contributed by atoms with E-state index < -0.39 is 37.4 Å². The summed E-state index contributed by atoms with van der Waals surface area (Å²) in [6.07, 6.45) is -0.443. The summed E-state index contributed by atoms with van der Waals surface area (Å²) in [4.78, 5) is 10.9. The van der Waals surface area contributed by atoms with Crippen LogP contribution in [0.4, 0.5) is 4.39 Å². The van der Waals surface area contributed by atoms with Gasteiger partial charge in [-0.15, -0.1) is 0 Å². The standard InChI is InChI=1S/C10H7BrClFO5S/c11-5-1-7(10(14)18-6-3-17-4-6)9(13)8(2-5)19(12,15)16/h1-2,6H,3-4H2. The SMILES string of the molecule is O=C(OC1COC1)c1cc(Br)cc(S(=O)(=O)Cl)c1F. The van der Waals surface area contributed by atoms with Gasteiger partial charge < -0.3 is 9.47 Å². The fourth-order valence-corrected chi connectivity index (χ4v) is 2.93. The van der Waals surface area contributed by atoms with Crippen molar-refractivity contribution in [3.05, 3.63) is 28.0 Å². The van der Waals surface area contributed by atoms with Crippen LogP contribution < -0.4 is 0 Å². The summed E-state index contributed by atoms with van der Waals surface area (Å²) in [5, 5.41) is 0. The number of esters is 1. The van der Waals surface area contributed by atoms with E-state index in [9.17, 15) is 17.6 Å². The third-order valence-electron chi connectivity index (χ3n) is 2.37. The Morgan fingerprint density at radius 3 is 2.58 bits per heavy atom. The number of hydrogen-bond acceptors (Lipinski definition) is 5. The molecule has 0 unspecified atom stereocenters. The predicted molar refractivity (Wildman–Crippen MR) is 67.2 cm³/mol. The summed E-state index contributed by atoms with van der Waals surface area (Å²) >= 11 is 2.98. The van der Waals surface area contributed by atoms with Gasteiger partial charge in [-0.05, 0) is 12.1 Å². The Hall–Kier alpha value is -0.700. The Morgan fingerprint density at radius 1 is 1.47 bits per heavy atom. The second-order valence-electron chi connectivity index (χ2n) is 3.77. The summed E-state index contributed by atoms with van der Waals surface area (Å²) in [6, 6.07) is 2.10. The quantitative estimate of drug-likeness (QED) is 0.599. The van der Waals surface area contributed by atoms with Gasteiger partial charge in [-0.2, -0.15) is 0 Å². The van der Waals surface area contributed by atoms with E-state index in [0.717, 1.165) is 12.1 Å². The van der Waals surface area contributed by atoms with Gasteiger partial charge in [0.25, 0.3) is 9.05 Å². The zero-order valence-electron chi connectivity index (χ0n) is 9.23. The average Bonchev–Trinajstić information content (AvgIpc) is 2.24. The average molecular weight is 374 g/mol. The zero-order valence-corrected chi connectivity index (χ0v) is 12.4. The molecule has 0 aromatic heterocycles. The first-order valence-electron chi connectivity index (χ1n) is 5.01. The predicted octanol–water partition coefficient (Wildman–Crippen LogP) is 2.07. The van der Waals surface area contributed by atoms with Crippen molar-refractivity contribution in [2.24, 2.45) is 0 Å². The molecule has 1 heterocycles. The van der Waals surface area contributed by atoms with Gasteiger partial charge in [-0.3, -0.25) is 0 Å². The van der Waals surface area contributed by atoms with E-state index in [1.54, 1.807) is 0 Å². The molecule has 0 spiro atoms. The van der Waals surface area contributed by atoms with Crippen LogP contribution in [-0.4, -0.2) is 33.7 Å². The summed E-state index contributed by atoms with van der Waals surface area (Å²) < 4.78 is 46.3. The molecule has 5 nitrogen and oxygen atoms in total. The van der Waals surface area contributed by atoms with Crippen molar-refractivity contribution in [3.63, 3.8) is 0 Å². The number of rotatable bonds is 3. The molecule has 0 saturated carbocycles. The molecule has 0 amide bonds. The molecular formula is C10H7BrClFO5S. The zero-order chi connectivity index (χ0) is 14.2. The summed E-state index contributed by atoms with van der Waals surface area (Å²) in [5.41, 5.74) is -0.500. The van der Waals surface area contributed by atoms with Crippen LogP contribution in [-0.2, 0) is 18.5 Å². The third-order valence-corrected chi connectivity index (χ3v) is 4.15. The van der Waals surface area contributed by atoms with Crippen molar-refractivity contribution in [2.45, 2.75) is 11.0 Å². The minimum Gasteiger partial charge on any atom is -0.454 e. The molecule has 9 heteroatoms. The van der Waals surface area contributed by atoms with Gasteiger partial charge in [0.15, 0.2) is 5.82 Å². The van der Waals surface area contributed by atoms with Crippen LogP contribution >= 0.6 is 26.6 Å². The normalized spacial score (nSPS) is 15.9. The van der Waals surface area contributed by atoms with E-state index in [4.69, 9.17) is 20.2 Å². The van der Waals surface area contributed by atoms with Gasteiger partial charge in [0, 0.05) is 15.2 Å². The van der Waals surface area contributed by atoms with Crippen molar-refractivity contribution < 1.29 is 27.1 Å². The first-order valence-corrected chi connectivity index (χ1v) is 8.11. The maximum Gasteiger partial charge on any atom is 0.341 e. The fourth-order valence-electron chi connectivity index (χ4n) is 1.39. The van der Waals surface area contributed by atoms with E-state index >= 15 is 0 Å². The molecule has 0 atom stereocenters. The lowest BCUT2D eigenvalue weighted by molar-refractivity contribution is -0.103. The van der Waals surface area contributed by atoms with Gasteiger partial charge in [-0.1, -0.05) is 15.9 Å². The summed E-state index contributed by atoms with van der Waals surface area (Å²) in [5.74, 6) is -2.20. The summed E-state index contributed by atoms with van der Waals surface area (Å²) in [7, 11) is 0.799. The maximum absolute atomic E-state index is 14.0. The van der Waals surface area contributed by atoms with Crippen LogP contribution in [0.25, 0.3) is 0 Å². The number of hydrogen-bond donors (Lipinski definition) is 0. The lowest BCUT2D eigenvalue weighted by atomic mass is 10.2. The van der Waals surface area contributed by atoms with E-state index in [1.807, 2.05) is 0 Å². The highest BCUT2D eigenvalue weighted by Gasteiger charge is 2.28. The van der Waals surface area contributed by atoms with Crippen LogP contribution in [0.1, 0.15) is 10.4 Å². The molecule has 2 rings (SSSR count). The minimum atomic E-state index is -4.30. The highest BCUT2D eigenvalue weighted by Crippen LogP contribution is 2.27. The molecule has 1 aliphatic rings. The van der Waals surface area contributed by atoms with Crippen molar-refractivity contribution in [2.75, 3.05) is 13.2 Å². The molecule has 0 radical (unpaired) electrons. The van der Waals surface area contributed by atoms with Gasteiger partial charge in [0.05, 0.1) is 18.8 Å². The van der Waals surface area contributed by atoms with E-state index in [-0.39, 0.29) is 17.7 Å². The Morgan fingerprint density at radius 2 is 2.11 bits per heavy atom. The molecule has 1 aromatic carbocycles. The van der Waals surface area contributed by atoms with E-state index in [0.29, 0.717) is 0 Å². The molecule has 1 saturated heterocycles. The van der Waals surface area contributed by atoms with E-state index in [2.05, 4.69) is 15.9 Å². The molecule has 1 fully saturated rings. The molecule has 1 aliphatic heterocycles. The smallest absolute Gasteiger partial charge is 0.341 e. The van der Waals surface area contributed by atoms with Gasteiger partial charge in [0.2, 0.25) is 0 Å². The molecular weight excluding hydrogens is 367 g/mol. The van der Waals surface area contributed by atoms with Gasteiger partial charge >= 0.3 is 5.97 Å². The number of benzene rings is 1. The van der Waals surface area contributed by atoms with Crippen LogP contribution in [0.3, 0.4) is 0 Å². The van der Waals surface area contributed by atoms with Crippen molar-refractivity contribution >= 4 is 41.6 Å². The van der Waals surface area contributed by atoms with Crippen LogP contribution in [0.2, 0.25) is 0 Å². The van der Waals surface area contributed by atoms with Crippen molar-refractivity contribution in [1.29, 1.82) is 0 Å². The van der Waals surface area contributed by atoms with Gasteiger partial charge in [-0.25, -0.2) is 17.6 Å². The lowest BCUT2D eigenvalue weighted by Gasteiger charge is -2.25. The topological polar surface area (TPSA) is 69.7 Å². The maximum atomic E-state index is 14.0. The first kappa shape index (κ1) is 14.7.